The fourth-order valence-electron chi connectivity index (χ4n) is 4.38. The van der Waals surface area contributed by atoms with Gasteiger partial charge in [0, 0.05) is 64.0 Å². The Hall–Kier alpha value is -3.16. The van der Waals surface area contributed by atoms with Gasteiger partial charge in [-0.05, 0) is 37.5 Å². The molecular formula is C24H32N6O2. The zero-order valence-electron chi connectivity index (χ0n) is 19.4. The summed E-state index contributed by atoms with van der Waals surface area (Å²) in [6.07, 6.45) is 5.19. The Morgan fingerprint density at radius 1 is 1.28 bits per heavy atom. The molecule has 8 nitrogen and oxygen atoms in total. The van der Waals surface area contributed by atoms with Crippen molar-refractivity contribution in [1.82, 2.24) is 19.9 Å². The summed E-state index contributed by atoms with van der Waals surface area (Å²) in [6, 6.07) is 7.86. The molecule has 1 unspecified atom stereocenters. The lowest BCUT2D eigenvalue weighted by Crippen LogP contribution is -2.33. The zero-order valence-corrected chi connectivity index (χ0v) is 19.4. The topological polar surface area (TPSA) is 74.2 Å². The molecule has 1 saturated heterocycles. The predicted octanol–water partition coefficient (Wildman–Crippen LogP) is 3.35. The Morgan fingerprint density at radius 2 is 2.12 bits per heavy atom. The number of carbonyl (C=O) groups excluding carboxylic acids is 1. The van der Waals surface area contributed by atoms with Crippen LogP contribution >= 0.6 is 0 Å². The number of ether oxygens (including phenoxy) is 1. The van der Waals surface area contributed by atoms with E-state index >= 15 is 0 Å². The Labute approximate surface area is 189 Å². The lowest BCUT2D eigenvalue weighted by molar-refractivity contribution is -0.132. The highest BCUT2D eigenvalue weighted by Crippen LogP contribution is 2.38. The summed E-state index contributed by atoms with van der Waals surface area (Å²) < 4.78 is 5.42. The Balaban J connectivity index is 1.62. The highest BCUT2D eigenvalue weighted by Gasteiger charge is 2.33. The van der Waals surface area contributed by atoms with E-state index in [0.29, 0.717) is 18.9 Å². The number of anilines is 1. The van der Waals surface area contributed by atoms with Crippen molar-refractivity contribution in [3.8, 4) is 16.9 Å². The summed E-state index contributed by atoms with van der Waals surface area (Å²) >= 11 is 0. The van der Waals surface area contributed by atoms with E-state index in [9.17, 15) is 4.79 Å². The molecule has 0 bridgehead atoms. The van der Waals surface area contributed by atoms with Gasteiger partial charge in [-0.25, -0.2) is 9.97 Å². The molecule has 0 aliphatic carbocycles. The number of hydrogen-bond acceptors (Lipinski definition) is 7. The highest BCUT2D eigenvalue weighted by molar-refractivity contribution is 5.83. The molecule has 1 fully saturated rings. The van der Waals surface area contributed by atoms with Crippen LogP contribution in [0.2, 0.25) is 0 Å². The predicted molar refractivity (Wildman–Crippen MR) is 126 cm³/mol. The molecule has 3 heterocycles. The van der Waals surface area contributed by atoms with Crippen LogP contribution < -0.4 is 9.64 Å². The van der Waals surface area contributed by atoms with Gasteiger partial charge in [0.05, 0.1) is 18.8 Å². The van der Waals surface area contributed by atoms with Crippen molar-refractivity contribution in [1.29, 1.82) is 0 Å². The van der Waals surface area contributed by atoms with Crippen molar-refractivity contribution in [3.05, 3.63) is 36.2 Å². The first-order valence-corrected chi connectivity index (χ1v) is 11.2. The minimum atomic E-state index is -0.0609. The third kappa shape index (κ3) is 4.69. The molecule has 1 aromatic carbocycles. The third-order valence-corrected chi connectivity index (χ3v) is 6.10. The van der Waals surface area contributed by atoms with Gasteiger partial charge in [0.2, 0.25) is 11.9 Å². The molecule has 1 amide bonds. The van der Waals surface area contributed by atoms with E-state index in [1.807, 2.05) is 66.3 Å². The second-order valence-corrected chi connectivity index (χ2v) is 8.63. The first-order valence-electron chi connectivity index (χ1n) is 11.2. The number of benzene rings is 1. The molecule has 32 heavy (non-hydrogen) atoms. The van der Waals surface area contributed by atoms with Gasteiger partial charge in [-0.15, -0.1) is 0 Å². The average molecular weight is 437 g/mol. The van der Waals surface area contributed by atoms with Crippen LogP contribution in [-0.4, -0.2) is 72.3 Å². The molecule has 1 aromatic heterocycles. The quantitative estimate of drug-likeness (QED) is 0.663. The SMILES string of the molecule is COc1cccc(-c2cnc(N(C)C)nc2C2CCCN2C(=O)CCN2CCC(C)=N2)c1. The van der Waals surface area contributed by atoms with Crippen molar-refractivity contribution in [2.24, 2.45) is 5.10 Å². The van der Waals surface area contributed by atoms with E-state index in [1.54, 1.807) is 7.11 Å². The van der Waals surface area contributed by atoms with Crippen molar-refractivity contribution in [3.63, 3.8) is 0 Å². The van der Waals surface area contributed by atoms with Crippen LogP contribution in [0.4, 0.5) is 5.95 Å². The van der Waals surface area contributed by atoms with E-state index in [4.69, 9.17) is 9.72 Å². The molecule has 2 aromatic rings. The first kappa shape index (κ1) is 22.0. The zero-order chi connectivity index (χ0) is 22.7. The van der Waals surface area contributed by atoms with Gasteiger partial charge in [0.1, 0.15) is 5.75 Å². The summed E-state index contributed by atoms with van der Waals surface area (Å²) in [7, 11) is 5.52. The molecule has 1 atom stereocenters. The molecule has 0 radical (unpaired) electrons. The summed E-state index contributed by atoms with van der Waals surface area (Å²) in [5.41, 5.74) is 3.97. The van der Waals surface area contributed by atoms with Gasteiger partial charge in [-0.2, -0.15) is 5.10 Å². The number of amides is 1. The number of aromatic nitrogens is 2. The van der Waals surface area contributed by atoms with E-state index in [-0.39, 0.29) is 11.9 Å². The average Bonchev–Trinajstić information content (AvgIpc) is 3.46. The highest BCUT2D eigenvalue weighted by atomic mass is 16.5. The third-order valence-electron chi connectivity index (χ3n) is 6.10. The van der Waals surface area contributed by atoms with Gasteiger partial charge in [0.15, 0.2) is 0 Å². The van der Waals surface area contributed by atoms with E-state index < -0.39 is 0 Å². The number of methoxy groups -OCH3 is 1. The number of hydrogen-bond donors (Lipinski definition) is 0. The minimum absolute atomic E-state index is 0.0609. The Morgan fingerprint density at radius 3 is 2.84 bits per heavy atom. The fourth-order valence-corrected chi connectivity index (χ4v) is 4.38. The van der Waals surface area contributed by atoms with E-state index in [2.05, 4.69) is 10.1 Å². The number of likely N-dealkylation sites (tertiary alicyclic amines) is 1. The van der Waals surface area contributed by atoms with Gasteiger partial charge in [-0.3, -0.25) is 9.80 Å². The van der Waals surface area contributed by atoms with E-state index in [1.165, 1.54) is 0 Å². The fraction of sp³-hybridized carbons (Fsp3) is 0.500. The summed E-state index contributed by atoms with van der Waals surface area (Å²) in [5.74, 6) is 1.59. The second kappa shape index (κ2) is 9.54. The molecule has 0 N–H and O–H groups in total. The van der Waals surface area contributed by atoms with Gasteiger partial charge >= 0.3 is 0 Å². The van der Waals surface area contributed by atoms with Crippen LogP contribution in [0.1, 0.15) is 44.3 Å². The monoisotopic (exact) mass is 436 g/mol. The molecule has 0 spiro atoms. The summed E-state index contributed by atoms with van der Waals surface area (Å²) in [6.45, 7) is 4.36. The molecule has 0 saturated carbocycles. The van der Waals surface area contributed by atoms with Crippen molar-refractivity contribution < 1.29 is 9.53 Å². The van der Waals surface area contributed by atoms with Crippen LogP contribution in [0.5, 0.6) is 5.75 Å². The molecular weight excluding hydrogens is 404 g/mol. The first-order chi connectivity index (χ1) is 15.5. The molecule has 170 valence electrons. The number of carbonyl (C=O) groups is 1. The molecule has 2 aliphatic rings. The van der Waals surface area contributed by atoms with Crippen molar-refractivity contribution >= 4 is 17.6 Å². The van der Waals surface area contributed by atoms with Crippen LogP contribution in [0.15, 0.2) is 35.6 Å². The standard InChI is InChI=1S/C24H32N6O2/c1-17-10-13-29(27-17)14-11-22(31)30-12-6-9-21(30)23-20(16-25-24(26-23)28(2)3)18-7-5-8-19(15-18)32-4/h5,7-8,15-16,21H,6,9-14H2,1-4H3. The van der Waals surface area contributed by atoms with Gasteiger partial charge in [-0.1, -0.05) is 12.1 Å². The molecule has 8 heteroatoms. The van der Waals surface area contributed by atoms with Gasteiger partial charge in [0.25, 0.3) is 0 Å². The Kier molecular flexibility index (Phi) is 6.58. The normalized spacial score (nSPS) is 18.1. The van der Waals surface area contributed by atoms with Crippen molar-refractivity contribution in [2.75, 3.05) is 45.7 Å². The maximum absolute atomic E-state index is 13.2. The largest absolute Gasteiger partial charge is 0.497 e. The van der Waals surface area contributed by atoms with Crippen LogP contribution in [0.25, 0.3) is 11.1 Å². The van der Waals surface area contributed by atoms with Crippen LogP contribution in [0.3, 0.4) is 0 Å². The van der Waals surface area contributed by atoms with Crippen LogP contribution in [-0.2, 0) is 4.79 Å². The second-order valence-electron chi connectivity index (χ2n) is 8.63. The van der Waals surface area contributed by atoms with Gasteiger partial charge < -0.3 is 14.5 Å². The van der Waals surface area contributed by atoms with Crippen LogP contribution in [0, 0.1) is 0 Å². The minimum Gasteiger partial charge on any atom is -0.497 e. The lowest BCUT2D eigenvalue weighted by atomic mass is 9.99. The van der Waals surface area contributed by atoms with E-state index in [0.717, 1.165) is 60.6 Å². The maximum atomic E-state index is 13.2. The summed E-state index contributed by atoms with van der Waals surface area (Å²) in [5, 5.41) is 6.52. The number of rotatable bonds is 7. The smallest absolute Gasteiger partial charge is 0.225 e. The maximum Gasteiger partial charge on any atom is 0.225 e. The molecule has 4 rings (SSSR count). The number of hydrazone groups is 1. The Bertz CT molecular complexity index is 1010. The molecule has 2 aliphatic heterocycles. The summed E-state index contributed by atoms with van der Waals surface area (Å²) in [4.78, 5) is 26.6. The van der Waals surface area contributed by atoms with Crippen molar-refractivity contribution in [2.45, 2.75) is 38.6 Å². The lowest BCUT2D eigenvalue weighted by Gasteiger charge is -2.27. The number of nitrogens with zero attached hydrogens (tertiary/aromatic N) is 6.